The third-order valence-corrected chi connectivity index (χ3v) is 9.26. The molecule has 2 unspecified atom stereocenters. The van der Waals surface area contributed by atoms with Crippen molar-refractivity contribution in [2.45, 2.75) is 62.9 Å². The van der Waals surface area contributed by atoms with Crippen LogP contribution in [0.25, 0.3) is 16.7 Å². The molecule has 41 heavy (non-hydrogen) atoms. The Morgan fingerprint density at radius 2 is 1.85 bits per heavy atom. The molecule has 3 aliphatic rings. The highest BCUT2D eigenvalue weighted by molar-refractivity contribution is 7.89. The molecule has 2 atom stereocenters. The molecular weight excluding hydrogens is 545 g/mol. The van der Waals surface area contributed by atoms with E-state index in [1.54, 1.807) is 22.9 Å². The van der Waals surface area contributed by atoms with Crippen LogP contribution in [-0.2, 0) is 10.0 Å². The van der Waals surface area contributed by atoms with Crippen molar-refractivity contribution in [3.63, 3.8) is 0 Å². The number of likely N-dealkylation sites (tertiary alicyclic amines) is 1. The Hall–Kier alpha value is -3.40. The first-order valence-corrected chi connectivity index (χ1v) is 16.2. The molecule has 3 aromatic rings. The number of fused-ring (bicyclic) bond motifs is 1. The van der Waals surface area contributed by atoms with E-state index in [0.717, 1.165) is 87.5 Å². The van der Waals surface area contributed by atoms with Crippen molar-refractivity contribution in [3.8, 4) is 11.8 Å². The summed E-state index contributed by atoms with van der Waals surface area (Å²) >= 11 is 0. The van der Waals surface area contributed by atoms with E-state index in [4.69, 9.17) is 5.10 Å². The minimum Gasteiger partial charge on any atom is -0.317 e. The van der Waals surface area contributed by atoms with E-state index in [-0.39, 0.29) is 35.4 Å². The highest BCUT2D eigenvalue weighted by atomic mass is 32.2. The third-order valence-electron chi connectivity index (χ3n) is 8.70. The predicted molar refractivity (Wildman–Crippen MR) is 151 cm³/mol. The van der Waals surface area contributed by atoms with Crippen molar-refractivity contribution < 1.29 is 17.6 Å². The average molecular weight is 580 g/mol. The highest BCUT2D eigenvalue weighted by Crippen LogP contribution is 2.46. The largest absolute Gasteiger partial charge is 0.317 e. The van der Waals surface area contributed by atoms with Crippen LogP contribution in [0.2, 0.25) is 0 Å². The van der Waals surface area contributed by atoms with Gasteiger partial charge < -0.3 is 5.32 Å². The average Bonchev–Trinajstić information content (AvgIpc) is 3.30. The lowest BCUT2D eigenvalue weighted by atomic mass is 9.78. The van der Waals surface area contributed by atoms with E-state index in [0.29, 0.717) is 11.3 Å². The molecule has 1 amide bonds. The quantitative estimate of drug-likeness (QED) is 0.453. The van der Waals surface area contributed by atoms with Gasteiger partial charge in [0.1, 0.15) is 11.5 Å². The maximum atomic E-state index is 13.9. The number of hydrogen-bond donors (Lipinski definition) is 2. The van der Waals surface area contributed by atoms with Crippen LogP contribution >= 0.6 is 0 Å². The topological polar surface area (TPSA) is 133 Å². The van der Waals surface area contributed by atoms with Gasteiger partial charge in [-0.1, -0.05) is 6.42 Å². The van der Waals surface area contributed by atoms with Crippen LogP contribution < -0.4 is 10.0 Å². The molecule has 2 saturated heterocycles. The standard InChI is InChI=1S/C29H34FN7O3S/c1-41(39,40)35-29(38)24-16-23(27-19(17-31)6-3-15-36(27)21-11-13-32-14-12-21)25-26(18-4-2-5-18)34-37(28(25)33-24)22-9-7-20(30)8-10-22/h7-10,16,18-19,21,27,32H,2-6,11-15H2,1H3,(H,35,38). The van der Waals surface area contributed by atoms with Crippen LogP contribution in [0.5, 0.6) is 0 Å². The zero-order chi connectivity index (χ0) is 28.7. The van der Waals surface area contributed by atoms with Gasteiger partial charge in [-0.25, -0.2) is 27.2 Å². The zero-order valence-corrected chi connectivity index (χ0v) is 23.8. The Balaban J connectivity index is 1.62. The Kier molecular flexibility index (Phi) is 7.52. The molecule has 1 aromatic carbocycles. The summed E-state index contributed by atoms with van der Waals surface area (Å²) in [7, 11) is -3.85. The lowest BCUT2D eigenvalue weighted by Gasteiger charge is -2.45. The summed E-state index contributed by atoms with van der Waals surface area (Å²) in [6.45, 7) is 2.62. The minimum atomic E-state index is -3.85. The molecule has 216 valence electrons. The fraction of sp³-hybridized carbons (Fsp3) is 0.517. The first-order chi connectivity index (χ1) is 19.7. The summed E-state index contributed by atoms with van der Waals surface area (Å²) in [4.78, 5) is 20.4. The molecule has 12 heteroatoms. The van der Waals surface area contributed by atoms with E-state index in [1.807, 2.05) is 0 Å². The summed E-state index contributed by atoms with van der Waals surface area (Å²) in [6, 6.07) is 10.1. The number of piperidine rings is 2. The van der Waals surface area contributed by atoms with Crippen LogP contribution in [-0.4, -0.2) is 65.9 Å². The van der Waals surface area contributed by atoms with Crippen molar-refractivity contribution in [2.75, 3.05) is 25.9 Å². The lowest BCUT2D eigenvalue weighted by molar-refractivity contribution is 0.0546. The molecule has 1 aliphatic carbocycles. The first kappa shape index (κ1) is 27.8. The van der Waals surface area contributed by atoms with Crippen LogP contribution in [0.3, 0.4) is 0 Å². The Morgan fingerprint density at radius 1 is 1.12 bits per heavy atom. The van der Waals surface area contributed by atoms with Gasteiger partial charge in [-0.3, -0.25) is 9.69 Å². The number of halogens is 1. The normalized spacial score (nSPS) is 22.8. The molecule has 10 nitrogen and oxygen atoms in total. The second kappa shape index (κ2) is 11.1. The molecule has 0 bridgehead atoms. The molecule has 3 fully saturated rings. The SMILES string of the molecule is CS(=O)(=O)NC(=O)c1cc(C2C(C#N)CCCN2C2CCNCC2)c2c(C3CCC3)nn(-c3ccc(F)cc3)c2n1. The predicted octanol–water partition coefficient (Wildman–Crippen LogP) is 3.55. The monoisotopic (exact) mass is 579 g/mol. The number of nitrogens with one attached hydrogen (secondary N) is 2. The number of carbonyl (C=O) groups is 1. The van der Waals surface area contributed by atoms with Gasteiger partial charge in [0.15, 0.2) is 5.65 Å². The van der Waals surface area contributed by atoms with Gasteiger partial charge in [0.05, 0.1) is 35.7 Å². The Labute approximate surface area is 239 Å². The summed E-state index contributed by atoms with van der Waals surface area (Å²) in [5.41, 5.74) is 2.57. The summed E-state index contributed by atoms with van der Waals surface area (Å²) < 4.78 is 41.6. The first-order valence-electron chi connectivity index (χ1n) is 14.3. The smallest absolute Gasteiger partial charge is 0.283 e. The number of amides is 1. The number of nitriles is 1. The lowest BCUT2D eigenvalue weighted by Crippen LogP contribution is -2.49. The number of pyridine rings is 1. The third kappa shape index (κ3) is 5.46. The van der Waals surface area contributed by atoms with Gasteiger partial charge in [0.2, 0.25) is 10.0 Å². The van der Waals surface area contributed by atoms with E-state index < -0.39 is 15.9 Å². The van der Waals surface area contributed by atoms with E-state index in [1.165, 1.54) is 12.1 Å². The molecule has 0 spiro atoms. The van der Waals surface area contributed by atoms with Crippen molar-refractivity contribution in [1.29, 1.82) is 5.26 Å². The maximum absolute atomic E-state index is 13.9. The summed E-state index contributed by atoms with van der Waals surface area (Å²) in [6.07, 6.45) is 7.47. The van der Waals surface area contributed by atoms with Gasteiger partial charge in [-0.15, -0.1) is 0 Å². The molecular formula is C29H34FN7O3S. The Bertz CT molecular complexity index is 1610. The van der Waals surface area contributed by atoms with Crippen molar-refractivity contribution >= 4 is 27.0 Å². The Morgan fingerprint density at radius 3 is 2.49 bits per heavy atom. The molecule has 6 rings (SSSR count). The van der Waals surface area contributed by atoms with E-state index in [9.17, 15) is 22.9 Å². The number of carbonyl (C=O) groups excluding carboxylic acids is 1. The molecule has 2 aliphatic heterocycles. The zero-order valence-electron chi connectivity index (χ0n) is 23.0. The maximum Gasteiger partial charge on any atom is 0.283 e. The second-order valence-electron chi connectivity index (χ2n) is 11.4. The van der Waals surface area contributed by atoms with E-state index >= 15 is 0 Å². The fourth-order valence-corrected chi connectivity index (χ4v) is 7.01. The van der Waals surface area contributed by atoms with E-state index in [2.05, 4.69) is 26.0 Å². The molecule has 0 radical (unpaired) electrons. The van der Waals surface area contributed by atoms with Crippen LogP contribution in [0.1, 0.15) is 78.7 Å². The number of rotatable bonds is 6. The fourth-order valence-electron chi connectivity index (χ4n) is 6.57. The summed E-state index contributed by atoms with van der Waals surface area (Å²) in [5, 5.41) is 19.6. The summed E-state index contributed by atoms with van der Waals surface area (Å²) in [5.74, 6) is -1.35. The van der Waals surface area contributed by atoms with Gasteiger partial charge in [0.25, 0.3) is 5.91 Å². The van der Waals surface area contributed by atoms with Crippen LogP contribution in [0.4, 0.5) is 4.39 Å². The molecule has 2 aromatic heterocycles. The molecule has 2 N–H and O–H groups in total. The van der Waals surface area contributed by atoms with Crippen LogP contribution in [0.15, 0.2) is 30.3 Å². The molecule has 1 saturated carbocycles. The number of hydrogen-bond acceptors (Lipinski definition) is 8. The van der Waals surface area contributed by atoms with Gasteiger partial charge in [-0.05, 0) is 94.1 Å². The molecule has 4 heterocycles. The highest BCUT2D eigenvalue weighted by Gasteiger charge is 2.40. The number of sulfonamides is 1. The van der Waals surface area contributed by atoms with Gasteiger partial charge in [0, 0.05) is 17.3 Å². The minimum absolute atomic E-state index is 0.0612. The number of nitrogens with zero attached hydrogens (tertiary/aromatic N) is 5. The van der Waals surface area contributed by atoms with Gasteiger partial charge in [-0.2, -0.15) is 10.4 Å². The second-order valence-corrected chi connectivity index (χ2v) is 13.2. The van der Waals surface area contributed by atoms with Crippen molar-refractivity contribution in [1.82, 2.24) is 29.7 Å². The van der Waals surface area contributed by atoms with Gasteiger partial charge >= 0.3 is 0 Å². The number of aromatic nitrogens is 3. The van der Waals surface area contributed by atoms with Crippen LogP contribution in [0, 0.1) is 23.1 Å². The van der Waals surface area contributed by atoms with Crippen molar-refractivity contribution in [2.24, 2.45) is 5.92 Å². The van der Waals surface area contributed by atoms with Crippen molar-refractivity contribution in [3.05, 3.63) is 53.1 Å². The number of benzene rings is 1.